The van der Waals surface area contributed by atoms with Crippen molar-refractivity contribution in [3.8, 4) is 5.75 Å². The number of halogens is 2. The van der Waals surface area contributed by atoms with Gasteiger partial charge in [-0.25, -0.2) is 9.18 Å². The van der Waals surface area contributed by atoms with Gasteiger partial charge in [-0.2, -0.15) is 0 Å². The Labute approximate surface area is 133 Å². The average Bonchev–Trinajstić information content (AvgIpc) is 2.68. The molecule has 0 amide bonds. The highest BCUT2D eigenvalue weighted by Gasteiger charge is 2.28. The number of hydrogen-bond donors (Lipinski definition) is 0. The second kappa shape index (κ2) is 4.55. The molecule has 0 unspecified atom stereocenters. The van der Waals surface area contributed by atoms with Crippen molar-refractivity contribution in [2.45, 2.75) is 19.4 Å². The lowest BCUT2D eigenvalue weighted by atomic mass is 10.1. The van der Waals surface area contributed by atoms with Crippen LogP contribution in [-0.2, 0) is 7.05 Å². The van der Waals surface area contributed by atoms with E-state index in [4.69, 9.17) is 4.74 Å². The van der Waals surface area contributed by atoms with E-state index in [0.29, 0.717) is 23.3 Å². The third kappa shape index (κ3) is 1.57. The molecular formula is C15H13BrFN3O2. The van der Waals surface area contributed by atoms with Crippen LogP contribution in [0.3, 0.4) is 0 Å². The summed E-state index contributed by atoms with van der Waals surface area (Å²) in [7, 11) is 1.72. The number of nitrogens with zero attached hydrogens (tertiary/aromatic N) is 3. The summed E-state index contributed by atoms with van der Waals surface area (Å²) < 4.78 is 23.5. The molecule has 1 atom stereocenters. The lowest BCUT2D eigenvalue weighted by Crippen LogP contribution is -2.28. The maximum absolute atomic E-state index is 14.1. The van der Waals surface area contributed by atoms with Gasteiger partial charge in [0.1, 0.15) is 18.2 Å². The van der Waals surface area contributed by atoms with E-state index >= 15 is 0 Å². The molecule has 2 aromatic heterocycles. The second-order valence-corrected chi connectivity index (χ2v) is 6.27. The van der Waals surface area contributed by atoms with E-state index in [9.17, 15) is 9.18 Å². The minimum atomic E-state index is -0.422. The molecule has 1 aliphatic heterocycles. The summed E-state index contributed by atoms with van der Waals surface area (Å²) in [6.07, 6.45) is 2.36. The number of aromatic nitrogens is 3. The van der Waals surface area contributed by atoms with Crippen molar-refractivity contribution >= 4 is 37.9 Å². The Morgan fingerprint density at radius 3 is 3.05 bits per heavy atom. The Bertz CT molecular complexity index is 992. The first kappa shape index (κ1) is 13.8. The molecule has 114 valence electrons. The Kier molecular flexibility index (Phi) is 2.84. The van der Waals surface area contributed by atoms with Crippen LogP contribution in [0.15, 0.2) is 21.5 Å². The fraction of sp³-hybridized carbons (Fsp3) is 0.333. The number of hydrogen-bond acceptors (Lipinski definition) is 3. The minimum absolute atomic E-state index is 0.0934. The van der Waals surface area contributed by atoms with Crippen LogP contribution < -0.4 is 10.4 Å². The van der Waals surface area contributed by atoms with Crippen LogP contribution in [0, 0.1) is 5.82 Å². The summed E-state index contributed by atoms with van der Waals surface area (Å²) in [5, 5.41) is 0.680. The number of benzene rings is 1. The summed E-state index contributed by atoms with van der Waals surface area (Å²) in [6.45, 7) is 2.32. The molecule has 3 heterocycles. The second-order valence-electron chi connectivity index (χ2n) is 5.47. The van der Waals surface area contributed by atoms with Crippen molar-refractivity contribution < 1.29 is 9.13 Å². The zero-order chi connectivity index (χ0) is 15.6. The van der Waals surface area contributed by atoms with Gasteiger partial charge in [0, 0.05) is 13.1 Å². The maximum atomic E-state index is 14.1. The van der Waals surface area contributed by atoms with Crippen LogP contribution in [-0.4, -0.2) is 20.7 Å². The maximum Gasteiger partial charge on any atom is 0.329 e. The lowest BCUT2D eigenvalue weighted by Gasteiger charge is -2.15. The molecule has 5 nitrogen and oxygen atoms in total. The monoisotopic (exact) mass is 365 g/mol. The predicted molar refractivity (Wildman–Crippen MR) is 85.0 cm³/mol. The molecule has 0 fully saturated rings. The largest absolute Gasteiger partial charge is 0.489 e. The van der Waals surface area contributed by atoms with Crippen LogP contribution in [0.4, 0.5) is 4.39 Å². The van der Waals surface area contributed by atoms with Crippen molar-refractivity contribution in [3.63, 3.8) is 0 Å². The van der Waals surface area contributed by atoms with E-state index in [1.807, 2.05) is 6.92 Å². The van der Waals surface area contributed by atoms with Crippen LogP contribution in [0.1, 0.15) is 19.4 Å². The summed E-state index contributed by atoms with van der Waals surface area (Å²) >= 11 is 3.26. The smallest absolute Gasteiger partial charge is 0.329 e. The Hall–Kier alpha value is -1.89. The summed E-state index contributed by atoms with van der Waals surface area (Å²) in [5.41, 5.74) is 1.87. The quantitative estimate of drug-likeness (QED) is 0.665. The first-order chi connectivity index (χ1) is 10.5. The minimum Gasteiger partial charge on any atom is -0.489 e. The number of pyridine rings is 1. The van der Waals surface area contributed by atoms with Crippen molar-refractivity contribution in [1.29, 1.82) is 0 Å². The molecule has 1 aromatic carbocycles. The van der Waals surface area contributed by atoms with Gasteiger partial charge in [0.15, 0.2) is 0 Å². The van der Waals surface area contributed by atoms with Gasteiger partial charge < -0.3 is 4.74 Å². The van der Waals surface area contributed by atoms with Gasteiger partial charge in [0.2, 0.25) is 0 Å². The van der Waals surface area contributed by atoms with Crippen molar-refractivity contribution in [3.05, 3.63) is 33.0 Å². The van der Waals surface area contributed by atoms with Crippen molar-refractivity contribution in [2.75, 3.05) is 6.61 Å². The third-order valence-corrected chi connectivity index (χ3v) is 5.05. The lowest BCUT2D eigenvalue weighted by molar-refractivity contribution is 0.249. The highest BCUT2D eigenvalue weighted by molar-refractivity contribution is 9.10. The number of ether oxygens (including phenoxy) is 1. The molecule has 0 bridgehead atoms. The highest BCUT2D eigenvalue weighted by Crippen LogP contribution is 2.41. The first-order valence-corrected chi connectivity index (χ1v) is 7.84. The third-order valence-electron chi connectivity index (χ3n) is 4.31. The van der Waals surface area contributed by atoms with E-state index in [0.717, 1.165) is 17.5 Å². The van der Waals surface area contributed by atoms with Gasteiger partial charge in [0.05, 0.1) is 38.6 Å². The van der Waals surface area contributed by atoms with Gasteiger partial charge in [-0.1, -0.05) is 6.92 Å². The average molecular weight is 366 g/mol. The fourth-order valence-corrected chi connectivity index (χ4v) is 3.55. The zero-order valence-corrected chi connectivity index (χ0v) is 13.6. The Morgan fingerprint density at radius 1 is 1.55 bits per heavy atom. The van der Waals surface area contributed by atoms with Crippen LogP contribution in [0.5, 0.6) is 5.75 Å². The Morgan fingerprint density at radius 2 is 2.32 bits per heavy atom. The van der Waals surface area contributed by atoms with Gasteiger partial charge in [0.25, 0.3) is 0 Å². The van der Waals surface area contributed by atoms with Crippen LogP contribution in [0.2, 0.25) is 0 Å². The molecule has 3 aromatic rings. The van der Waals surface area contributed by atoms with Crippen LogP contribution >= 0.6 is 15.9 Å². The van der Waals surface area contributed by atoms with E-state index in [1.165, 1.54) is 6.07 Å². The summed E-state index contributed by atoms with van der Waals surface area (Å²) in [5.74, 6) is -0.00229. The molecule has 4 rings (SSSR count). The van der Waals surface area contributed by atoms with Gasteiger partial charge in [-0.05, 0) is 22.4 Å². The van der Waals surface area contributed by atoms with E-state index in [1.54, 1.807) is 22.4 Å². The molecule has 0 N–H and O–H groups in total. The summed E-state index contributed by atoms with van der Waals surface area (Å²) in [6, 6.07) is 1.27. The Balaban J connectivity index is 2.33. The number of aryl methyl sites for hydroxylation is 1. The number of imidazole rings is 1. The molecule has 0 radical (unpaired) electrons. The van der Waals surface area contributed by atoms with E-state index in [-0.39, 0.29) is 16.2 Å². The van der Waals surface area contributed by atoms with Crippen molar-refractivity contribution in [2.24, 2.45) is 7.05 Å². The first-order valence-electron chi connectivity index (χ1n) is 7.05. The van der Waals surface area contributed by atoms with E-state index in [2.05, 4.69) is 20.9 Å². The topological polar surface area (TPSA) is 49.1 Å². The molecule has 1 aliphatic rings. The van der Waals surface area contributed by atoms with Gasteiger partial charge in [-0.15, -0.1) is 0 Å². The molecule has 7 heteroatoms. The molecule has 0 aliphatic carbocycles. The molecular weight excluding hydrogens is 353 g/mol. The van der Waals surface area contributed by atoms with E-state index < -0.39 is 5.82 Å². The van der Waals surface area contributed by atoms with Gasteiger partial charge >= 0.3 is 5.69 Å². The molecule has 22 heavy (non-hydrogen) atoms. The summed E-state index contributed by atoms with van der Waals surface area (Å²) in [4.78, 5) is 16.9. The zero-order valence-electron chi connectivity index (χ0n) is 12.1. The molecule has 0 spiro atoms. The van der Waals surface area contributed by atoms with Crippen molar-refractivity contribution in [1.82, 2.24) is 14.1 Å². The predicted octanol–water partition coefficient (Wildman–Crippen LogP) is 3.13. The molecule has 0 saturated carbocycles. The standard InChI is InChI=1S/C15H13BrFN3O2/c1-3-7-6-22-14-11-9(4-8(17)12(14)16)18-5-10-13(11)20(7)15(21)19(10)2/h4-5,7H,3,6H2,1-2H3/t7-/m0/s1. The SMILES string of the molecule is CC[C@H]1COc2c(Br)c(F)cc3ncc4c(c23)n1c(=O)n4C. The highest BCUT2D eigenvalue weighted by atomic mass is 79.9. The normalized spacial score (nSPS) is 17.2. The molecule has 0 saturated heterocycles. The van der Waals surface area contributed by atoms with Crippen LogP contribution in [0.25, 0.3) is 21.9 Å². The number of rotatable bonds is 1. The van der Waals surface area contributed by atoms with Gasteiger partial charge in [-0.3, -0.25) is 14.1 Å². The fourth-order valence-electron chi connectivity index (χ4n) is 3.12.